The van der Waals surface area contributed by atoms with Crippen molar-refractivity contribution in [3.05, 3.63) is 69.7 Å². The molecule has 2 aliphatic carbocycles. The molecule has 0 aromatic heterocycles. The molecule has 3 heterocycles. The normalized spacial score (nSPS) is 32.7. The molecule has 7 rings (SSSR count). The molecule has 9 nitrogen and oxygen atoms in total. The number of ether oxygens (including phenoxy) is 1. The van der Waals surface area contributed by atoms with E-state index in [-0.39, 0.29) is 53.2 Å². The van der Waals surface area contributed by atoms with Gasteiger partial charge in [0.05, 0.1) is 24.4 Å². The number of rotatable bonds is 6. The number of aromatic hydroxyl groups is 1. The van der Waals surface area contributed by atoms with E-state index in [2.05, 4.69) is 48.9 Å². The summed E-state index contributed by atoms with van der Waals surface area (Å²) >= 11 is 21.4. The lowest BCUT2D eigenvalue weighted by atomic mass is 9.56. The van der Waals surface area contributed by atoms with Gasteiger partial charge in [-0.15, -0.1) is 23.2 Å². The Morgan fingerprint density at radius 1 is 1.00 bits per heavy atom. The van der Waals surface area contributed by atoms with Crippen molar-refractivity contribution < 1.29 is 29.0 Å². The van der Waals surface area contributed by atoms with E-state index >= 15 is 0 Å². The zero-order valence-electron chi connectivity index (χ0n) is 25.5. The molecule has 47 heavy (non-hydrogen) atoms. The number of amides is 4. The van der Waals surface area contributed by atoms with Crippen LogP contribution in [0.1, 0.15) is 42.7 Å². The average molecular weight is 810 g/mol. The van der Waals surface area contributed by atoms with Crippen LogP contribution in [-0.4, -0.2) is 84.9 Å². The molecule has 2 aromatic rings. The minimum Gasteiger partial charge on any atom is -0.504 e. The summed E-state index contributed by atoms with van der Waals surface area (Å²) in [4.78, 5) is 57.2. The van der Waals surface area contributed by atoms with Gasteiger partial charge in [-0.1, -0.05) is 73.8 Å². The molecule has 3 saturated heterocycles. The number of piperidine rings is 1. The van der Waals surface area contributed by atoms with Crippen molar-refractivity contribution in [3.63, 3.8) is 0 Å². The van der Waals surface area contributed by atoms with Gasteiger partial charge in [0.25, 0.3) is 11.8 Å². The number of hydrogen-bond donors (Lipinski definition) is 1. The van der Waals surface area contributed by atoms with Crippen LogP contribution in [0.2, 0.25) is 0 Å². The fourth-order valence-corrected chi connectivity index (χ4v) is 10.5. The van der Waals surface area contributed by atoms with Gasteiger partial charge in [-0.3, -0.25) is 33.9 Å². The third-order valence-electron chi connectivity index (χ3n) is 10.8. The Bertz CT molecular complexity index is 1700. The van der Waals surface area contributed by atoms with Gasteiger partial charge in [-0.05, 0) is 49.3 Å². The minimum atomic E-state index is -2.02. The van der Waals surface area contributed by atoms with Crippen molar-refractivity contribution in [1.29, 1.82) is 0 Å². The first-order valence-corrected chi connectivity index (χ1v) is 18.3. The lowest BCUT2D eigenvalue weighted by molar-refractivity contribution is -0.144. The number of nitrogens with zero attached hydrogens (tertiary/aromatic N) is 3. The molecule has 0 spiro atoms. The summed E-state index contributed by atoms with van der Waals surface area (Å²) in [6.07, 6.45) is 3.36. The molecule has 5 aliphatic rings. The Kier molecular flexibility index (Phi) is 8.56. The molecule has 0 unspecified atom stereocenters. The molecule has 4 fully saturated rings. The molecule has 3 aliphatic heterocycles. The second-order valence-electron chi connectivity index (χ2n) is 13.1. The van der Waals surface area contributed by atoms with E-state index < -0.39 is 45.2 Å². The Morgan fingerprint density at radius 3 is 2.36 bits per heavy atom. The molecule has 4 amide bonds. The number of likely N-dealkylation sites (tertiary alicyclic amines) is 3. The SMILES string of the molecule is COc1cc(Br)cc([C@H]2C3=CC[C@@H]4C(=O)N(C5CCN(Cc6ccccc6)CC5)C(=O)[C@@H]4[C@@H]3C[C@@]3(Cl)C(=O)N(CBr)C(=O)[C@@]23Cl)c1O. The van der Waals surface area contributed by atoms with Gasteiger partial charge in [-0.25, -0.2) is 0 Å². The first-order chi connectivity index (χ1) is 22.5. The van der Waals surface area contributed by atoms with Crippen LogP contribution in [0.3, 0.4) is 0 Å². The molecule has 1 saturated carbocycles. The first kappa shape index (κ1) is 33.1. The summed E-state index contributed by atoms with van der Waals surface area (Å²) in [6.45, 7) is 2.31. The van der Waals surface area contributed by atoms with Crippen LogP contribution >= 0.6 is 55.1 Å². The highest BCUT2D eigenvalue weighted by atomic mass is 79.9. The van der Waals surface area contributed by atoms with E-state index in [0.29, 0.717) is 22.9 Å². The molecule has 0 bridgehead atoms. The number of alkyl halides is 3. The molecule has 6 atom stereocenters. The van der Waals surface area contributed by atoms with E-state index in [1.54, 1.807) is 12.1 Å². The lowest BCUT2D eigenvalue weighted by Gasteiger charge is -2.50. The van der Waals surface area contributed by atoms with Crippen LogP contribution in [0.15, 0.2) is 58.6 Å². The molecular formula is C34H33Br2Cl2N3O6. The van der Waals surface area contributed by atoms with Crippen LogP contribution < -0.4 is 4.74 Å². The number of phenols is 1. The number of hydrogen-bond acceptors (Lipinski definition) is 7. The van der Waals surface area contributed by atoms with Crippen LogP contribution in [0.4, 0.5) is 0 Å². The average Bonchev–Trinajstić information content (AvgIpc) is 3.40. The maximum atomic E-state index is 14.4. The second kappa shape index (κ2) is 12.2. The summed E-state index contributed by atoms with van der Waals surface area (Å²) in [5, 5.41) is 11.4. The predicted molar refractivity (Wildman–Crippen MR) is 182 cm³/mol. The van der Waals surface area contributed by atoms with Crippen molar-refractivity contribution in [2.75, 3.05) is 25.7 Å². The lowest BCUT2D eigenvalue weighted by Crippen LogP contribution is -2.60. The number of carbonyl (C=O) groups is 4. The highest BCUT2D eigenvalue weighted by molar-refractivity contribution is 9.10. The maximum Gasteiger partial charge on any atom is 0.254 e. The Morgan fingerprint density at radius 2 is 1.70 bits per heavy atom. The third kappa shape index (κ3) is 4.85. The van der Waals surface area contributed by atoms with Gasteiger partial charge in [0.1, 0.15) is 0 Å². The number of allylic oxidation sites excluding steroid dienone is 2. The monoisotopic (exact) mass is 807 g/mol. The summed E-state index contributed by atoms with van der Waals surface area (Å²) in [7, 11) is 1.40. The summed E-state index contributed by atoms with van der Waals surface area (Å²) in [5.41, 5.74) is 1.94. The van der Waals surface area contributed by atoms with Crippen LogP contribution in [0, 0.1) is 17.8 Å². The molecule has 0 radical (unpaired) electrons. The van der Waals surface area contributed by atoms with Gasteiger partial charge < -0.3 is 9.84 Å². The maximum absolute atomic E-state index is 14.4. The molecular weight excluding hydrogens is 777 g/mol. The predicted octanol–water partition coefficient (Wildman–Crippen LogP) is 5.54. The zero-order chi connectivity index (χ0) is 33.4. The Hall–Kier alpha value is -2.44. The van der Waals surface area contributed by atoms with Gasteiger partial charge in [0.15, 0.2) is 21.2 Å². The summed E-state index contributed by atoms with van der Waals surface area (Å²) in [5.74, 6) is -5.12. The van der Waals surface area contributed by atoms with Crippen LogP contribution in [0.25, 0.3) is 0 Å². The van der Waals surface area contributed by atoms with Crippen molar-refractivity contribution in [2.24, 2.45) is 17.8 Å². The number of phenolic OH excluding ortho intramolecular Hbond substituents is 1. The molecule has 2 aromatic carbocycles. The van der Waals surface area contributed by atoms with Crippen LogP contribution in [-0.2, 0) is 25.7 Å². The van der Waals surface area contributed by atoms with Gasteiger partial charge in [0, 0.05) is 41.6 Å². The Labute approximate surface area is 299 Å². The third-order valence-corrected chi connectivity index (χ3v) is 13.2. The summed E-state index contributed by atoms with van der Waals surface area (Å²) in [6, 6.07) is 13.2. The summed E-state index contributed by atoms with van der Waals surface area (Å²) < 4.78 is 5.97. The van der Waals surface area contributed by atoms with E-state index in [4.69, 9.17) is 27.9 Å². The molecule has 1 N–H and O–H groups in total. The highest BCUT2D eigenvalue weighted by Gasteiger charge is 2.76. The number of benzene rings is 2. The van der Waals surface area contributed by atoms with Crippen molar-refractivity contribution in [1.82, 2.24) is 14.7 Å². The molecule has 248 valence electrons. The standard InChI is InChI=1S/C34H33Br2Cl2N3O6/c1-47-25-14-19(36)13-23(28(25)42)27-21-7-8-22-26(24(21)15-33(37)31(45)40(17-35)32(46)34(27,33)38)30(44)41(29(22)43)20-9-11-39(12-10-20)16-18-5-3-2-4-6-18/h2-7,13-14,20,22,24,26-27,42H,8-12,15-17H2,1H3/t22-,24+,26-,27+,33+,34-/m0/s1. The number of fused-ring (bicyclic) bond motifs is 4. The second-order valence-corrected chi connectivity index (χ2v) is 15.7. The highest BCUT2D eigenvalue weighted by Crippen LogP contribution is 2.66. The van der Waals surface area contributed by atoms with Crippen LogP contribution in [0.5, 0.6) is 11.5 Å². The fraction of sp³-hybridized carbons (Fsp3) is 0.471. The quantitative estimate of drug-likeness (QED) is 0.177. The number of carbonyl (C=O) groups excluding carboxylic acids is 4. The van der Waals surface area contributed by atoms with E-state index in [1.807, 2.05) is 24.3 Å². The van der Waals surface area contributed by atoms with Gasteiger partial charge in [0.2, 0.25) is 11.8 Å². The number of methoxy groups -OCH3 is 1. The van der Waals surface area contributed by atoms with E-state index in [9.17, 15) is 24.3 Å². The number of imide groups is 2. The fourth-order valence-electron chi connectivity index (χ4n) is 8.63. The smallest absolute Gasteiger partial charge is 0.254 e. The molecule has 13 heteroatoms. The number of halogens is 4. The topological polar surface area (TPSA) is 107 Å². The van der Waals surface area contributed by atoms with Gasteiger partial charge >= 0.3 is 0 Å². The van der Waals surface area contributed by atoms with Gasteiger partial charge in [-0.2, -0.15) is 0 Å². The largest absolute Gasteiger partial charge is 0.504 e. The first-order valence-electron chi connectivity index (χ1n) is 15.7. The van der Waals surface area contributed by atoms with E-state index in [1.165, 1.54) is 17.6 Å². The minimum absolute atomic E-state index is 0.107. The van der Waals surface area contributed by atoms with Crippen molar-refractivity contribution in [2.45, 2.75) is 53.9 Å². The zero-order valence-corrected chi connectivity index (χ0v) is 30.2. The van der Waals surface area contributed by atoms with Crippen molar-refractivity contribution in [3.8, 4) is 11.5 Å². The van der Waals surface area contributed by atoms with Crippen molar-refractivity contribution >= 4 is 78.7 Å². The van der Waals surface area contributed by atoms with E-state index in [0.717, 1.165) is 24.5 Å². The Balaban J connectivity index is 1.24.